The van der Waals surface area contributed by atoms with Gasteiger partial charge in [0.2, 0.25) is 5.91 Å². The van der Waals surface area contributed by atoms with Crippen molar-refractivity contribution in [1.82, 2.24) is 5.16 Å². The first-order valence-electron chi connectivity index (χ1n) is 6.21. The minimum Gasteiger partial charge on any atom is -0.356 e. The molecule has 0 radical (unpaired) electrons. The highest BCUT2D eigenvalue weighted by molar-refractivity contribution is 9.10. The lowest BCUT2D eigenvalue weighted by Crippen LogP contribution is -2.14. The van der Waals surface area contributed by atoms with Crippen molar-refractivity contribution < 1.29 is 13.7 Å². The van der Waals surface area contributed by atoms with Crippen molar-refractivity contribution in [2.24, 2.45) is 0 Å². The molecule has 3 rings (SSSR count). The van der Waals surface area contributed by atoms with Crippen LogP contribution in [0.5, 0.6) is 0 Å². The lowest BCUT2D eigenvalue weighted by Gasteiger charge is -2.05. The summed E-state index contributed by atoms with van der Waals surface area (Å²) in [6.07, 6.45) is 0.0893. The summed E-state index contributed by atoms with van der Waals surface area (Å²) in [5, 5.41) is 7.41. The van der Waals surface area contributed by atoms with Crippen LogP contribution in [-0.2, 0) is 11.2 Å². The summed E-state index contributed by atoms with van der Waals surface area (Å²) in [6.45, 7) is 0. The van der Waals surface area contributed by atoms with Gasteiger partial charge in [0.15, 0.2) is 5.58 Å². The molecule has 21 heavy (non-hydrogen) atoms. The summed E-state index contributed by atoms with van der Waals surface area (Å²) >= 11 is 3.08. The second-order valence-corrected chi connectivity index (χ2v) is 5.33. The number of benzene rings is 2. The third-order valence-corrected chi connectivity index (χ3v) is 3.59. The molecule has 0 saturated carbocycles. The van der Waals surface area contributed by atoms with Gasteiger partial charge in [0.1, 0.15) is 11.5 Å². The molecule has 0 saturated heterocycles. The number of hydrogen-bond acceptors (Lipinski definition) is 3. The van der Waals surface area contributed by atoms with Gasteiger partial charge >= 0.3 is 0 Å². The van der Waals surface area contributed by atoms with Crippen molar-refractivity contribution >= 4 is 38.5 Å². The Hall–Kier alpha value is -2.21. The molecule has 0 fully saturated rings. The van der Waals surface area contributed by atoms with E-state index in [1.54, 1.807) is 6.07 Å². The minimum atomic E-state index is -0.379. The van der Waals surface area contributed by atoms with Crippen LogP contribution in [0.2, 0.25) is 0 Å². The SMILES string of the molecule is O=C(Cc1noc2ccccc12)Nc1ccc(F)c(Br)c1. The Morgan fingerprint density at radius 1 is 1.29 bits per heavy atom. The molecule has 0 unspecified atom stereocenters. The molecular weight excluding hydrogens is 339 g/mol. The molecule has 6 heteroatoms. The Morgan fingerprint density at radius 2 is 2.10 bits per heavy atom. The van der Waals surface area contributed by atoms with Gasteiger partial charge in [-0.25, -0.2) is 4.39 Å². The van der Waals surface area contributed by atoms with E-state index in [1.807, 2.05) is 18.2 Å². The van der Waals surface area contributed by atoms with Gasteiger partial charge in [-0.2, -0.15) is 0 Å². The van der Waals surface area contributed by atoms with E-state index in [2.05, 4.69) is 26.4 Å². The van der Waals surface area contributed by atoms with Gasteiger partial charge in [-0.3, -0.25) is 4.79 Å². The van der Waals surface area contributed by atoms with Crippen LogP contribution in [0.1, 0.15) is 5.69 Å². The highest BCUT2D eigenvalue weighted by Crippen LogP contribution is 2.21. The number of carbonyl (C=O) groups is 1. The minimum absolute atomic E-state index is 0.0893. The Balaban J connectivity index is 1.75. The number of nitrogens with zero attached hydrogens (tertiary/aromatic N) is 1. The van der Waals surface area contributed by atoms with Gasteiger partial charge in [0, 0.05) is 11.1 Å². The van der Waals surface area contributed by atoms with Gasteiger partial charge < -0.3 is 9.84 Å². The van der Waals surface area contributed by atoms with E-state index in [-0.39, 0.29) is 18.1 Å². The lowest BCUT2D eigenvalue weighted by molar-refractivity contribution is -0.115. The molecule has 1 amide bonds. The van der Waals surface area contributed by atoms with Crippen molar-refractivity contribution in [1.29, 1.82) is 0 Å². The van der Waals surface area contributed by atoms with Gasteiger partial charge in [0.05, 0.1) is 10.9 Å². The second kappa shape index (κ2) is 5.65. The van der Waals surface area contributed by atoms with Crippen molar-refractivity contribution in [2.45, 2.75) is 6.42 Å². The molecule has 0 spiro atoms. The quantitative estimate of drug-likeness (QED) is 0.780. The number of para-hydroxylation sites is 1. The standard InChI is InChI=1S/C15H10BrFN2O2/c16-11-7-9(5-6-12(11)17)18-15(20)8-13-10-3-1-2-4-14(10)21-19-13/h1-7H,8H2,(H,18,20). The highest BCUT2D eigenvalue weighted by atomic mass is 79.9. The fraction of sp³-hybridized carbons (Fsp3) is 0.0667. The summed E-state index contributed by atoms with van der Waals surface area (Å²) < 4.78 is 18.6. The third-order valence-electron chi connectivity index (χ3n) is 2.98. The first-order valence-corrected chi connectivity index (χ1v) is 7.01. The number of aromatic nitrogens is 1. The molecule has 1 heterocycles. The molecule has 1 N–H and O–H groups in total. The van der Waals surface area contributed by atoms with Crippen LogP contribution < -0.4 is 5.32 Å². The molecule has 0 aliphatic heterocycles. The molecule has 1 aromatic heterocycles. The zero-order chi connectivity index (χ0) is 14.8. The van der Waals surface area contributed by atoms with Crippen molar-refractivity contribution in [2.75, 3.05) is 5.32 Å². The fourth-order valence-corrected chi connectivity index (χ4v) is 2.38. The van der Waals surface area contributed by atoms with Crippen molar-refractivity contribution in [3.05, 3.63) is 58.4 Å². The van der Waals surface area contributed by atoms with Crippen LogP contribution >= 0.6 is 15.9 Å². The smallest absolute Gasteiger partial charge is 0.230 e. The summed E-state index contributed by atoms with van der Waals surface area (Å²) in [5.41, 5.74) is 1.73. The molecule has 0 aliphatic rings. The van der Waals surface area contributed by atoms with Crippen molar-refractivity contribution in [3.8, 4) is 0 Å². The number of rotatable bonds is 3. The summed E-state index contributed by atoms with van der Waals surface area (Å²) in [7, 11) is 0. The Kier molecular flexibility index (Phi) is 3.70. The summed E-state index contributed by atoms with van der Waals surface area (Å²) in [4.78, 5) is 12.0. The van der Waals surface area contributed by atoms with Gasteiger partial charge in [0.25, 0.3) is 0 Å². The molecule has 2 aromatic carbocycles. The number of amides is 1. The monoisotopic (exact) mass is 348 g/mol. The van der Waals surface area contributed by atoms with Crippen molar-refractivity contribution in [3.63, 3.8) is 0 Å². The van der Waals surface area contributed by atoms with Crippen LogP contribution in [0.25, 0.3) is 11.0 Å². The Labute approximate surface area is 128 Å². The van der Waals surface area contributed by atoms with Crippen LogP contribution in [0.4, 0.5) is 10.1 Å². The predicted octanol–water partition coefficient (Wildman–Crippen LogP) is 3.91. The molecule has 3 aromatic rings. The number of nitrogens with one attached hydrogen (secondary N) is 1. The van der Waals surface area contributed by atoms with Crippen LogP contribution in [-0.4, -0.2) is 11.1 Å². The third kappa shape index (κ3) is 2.95. The fourth-order valence-electron chi connectivity index (χ4n) is 2.00. The Bertz CT molecular complexity index is 816. The largest absolute Gasteiger partial charge is 0.356 e. The first kappa shape index (κ1) is 13.8. The van der Waals surface area contributed by atoms with E-state index >= 15 is 0 Å². The number of halogens is 2. The maximum Gasteiger partial charge on any atom is 0.230 e. The summed E-state index contributed by atoms with van der Waals surface area (Å²) in [6, 6.07) is 11.6. The number of hydrogen-bond donors (Lipinski definition) is 1. The van der Waals surface area contributed by atoms with E-state index in [9.17, 15) is 9.18 Å². The van der Waals surface area contributed by atoms with Crippen LogP contribution in [0.3, 0.4) is 0 Å². The van der Waals surface area contributed by atoms with Gasteiger partial charge in [-0.05, 0) is 46.3 Å². The molecule has 0 bridgehead atoms. The van der Waals surface area contributed by atoms with E-state index in [4.69, 9.17) is 4.52 Å². The number of carbonyl (C=O) groups excluding carboxylic acids is 1. The Morgan fingerprint density at radius 3 is 2.90 bits per heavy atom. The van der Waals surface area contributed by atoms with Crippen LogP contribution in [0, 0.1) is 5.82 Å². The molecular formula is C15H10BrFN2O2. The molecule has 4 nitrogen and oxygen atoms in total. The molecule has 0 atom stereocenters. The average Bonchev–Trinajstić information content (AvgIpc) is 2.86. The van der Waals surface area contributed by atoms with E-state index in [0.29, 0.717) is 21.4 Å². The predicted molar refractivity (Wildman–Crippen MR) is 80.4 cm³/mol. The topological polar surface area (TPSA) is 55.1 Å². The maximum absolute atomic E-state index is 13.1. The van der Waals surface area contributed by atoms with E-state index in [0.717, 1.165) is 5.39 Å². The van der Waals surface area contributed by atoms with Crippen LogP contribution in [0.15, 0.2) is 51.5 Å². The van der Waals surface area contributed by atoms with Gasteiger partial charge in [-0.15, -0.1) is 0 Å². The van der Waals surface area contributed by atoms with E-state index in [1.165, 1.54) is 18.2 Å². The highest BCUT2D eigenvalue weighted by Gasteiger charge is 2.12. The average molecular weight is 349 g/mol. The number of fused-ring (bicyclic) bond motifs is 1. The normalized spacial score (nSPS) is 10.8. The zero-order valence-electron chi connectivity index (χ0n) is 10.8. The maximum atomic E-state index is 13.1. The second-order valence-electron chi connectivity index (χ2n) is 4.48. The lowest BCUT2D eigenvalue weighted by atomic mass is 10.1. The summed E-state index contributed by atoms with van der Waals surface area (Å²) in [5.74, 6) is -0.622. The van der Waals surface area contributed by atoms with E-state index < -0.39 is 0 Å². The molecule has 0 aliphatic carbocycles. The first-order chi connectivity index (χ1) is 10.1. The molecule has 106 valence electrons. The number of anilines is 1. The van der Waals surface area contributed by atoms with Gasteiger partial charge in [-0.1, -0.05) is 17.3 Å². The zero-order valence-corrected chi connectivity index (χ0v) is 12.4.